The Morgan fingerprint density at radius 3 is 3.00 bits per heavy atom. The molecule has 120 valence electrons. The molecule has 8 nitrogen and oxygen atoms in total. The van der Waals surface area contributed by atoms with E-state index in [0.717, 1.165) is 0 Å². The molecular formula is C14H15FN6O2. The predicted molar refractivity (Wildman–Crippen MR) is 77.5 cm³/mol. The van der Waals surface area contributed by atoms with Crippen LogP contribution in [-0.4, -0.2) is 56.6 Å². The van der Waals surface area contributed by atoms with Crippen LogP contribution in [0.3, 0.4) is 0 Å². The quantitative estimate of drug-likeness (QED) is 0.842. The lowest BCUT2D eigenvalue weighted by atomic mass is 10.1. The van der Waals surface area contributed by atoms with E-state index in [2.05, 4.69) is 20.7 Å². The van der Waals surface area contributed by atoms with Gasteiger partial charge in [0.05, 0.1) is 6.54 Å². The van der Waals surface area contributed by atoms with Crippen molar-refractivity contribution in [1.82, 2.24) is 30.4 Å². The van der Waals surface area contributed by atoms with Crippen molar-refractivity contribution in [1.29, 1.82) is 0 Å². The molecule has 1 aliphatic heterocycles. The van der Waals surface area contributed by atoms with Gasteiger partial charge in [0.25, 0.3) is 0 Å². The minimum Gasteiger partial charge on any atom is -0.353 e. The van der Waals surface area contributed by atoms with E-state index in [-0.39, 0.29) is 30.7 Å². The fourth-order valence-corrected chi connectivity index (χ4v) is 2.28. The van der Waals surface area contributed by atoms with Gasteiger partial charge in [0.15, 0.2) is 0 Å². The summed E-state index contributed by atoms with van der Waals surface area (Å²) in [5.74, 6) is -0.422. The van der Waals surface area contributed by atoms with Gasteiger partial charge in [-0.3, -0.25) is 9.59 Å². The van der Waals surface area contributed by atoms with Gasteiger partial charge in [-0.2, -0.15) is 4.80 Å². The molecule has 3 rings (SSSR count). The largest absolute Gasteiger partial charge is 0.353 e. The third-order valence-electron chi connectivity index (χ3n) is 3.54. The molecule has 1 N–H and O–H groups in total. The number of hydrogen-bond acceptors (Lipinski definition) is 5. The Morgan fingerprint density at radius 2 is 2.26 bits per heavy atom. The Balaban J connectivity index is 1.70. The Morgan fingerprint density at radius 1 is 1.43 bits per heavy atom. The van der Waals surface area contributed by atoms with Gasteiger partial charge < -0.3 is 10.2 Å². The van der Waals surface area contributed by atoms with Crippen molar-refractivity contribution in [2.45, 2.75) is 13.5 Å². The summed E-state index contributed by atoms with van der Waals surface area (Å²) in [4.78, 5) is 26.0. The summed E-state index contributed by atoms with van der Waals surface area (Å²) in [5, 5.41) is 14.5. The van der Waals surface area contributed by atoms with Crippen LogP contribution in [0.2, 0.25) is 0 Å². The van der Waals surface area contributed by atoms with Gasteiger partial charge in [0.1, 0.15) is 12.4 Å². The fourth-order valence-electron chi connectivity index (χ4n) is 2.28. The molecule has 0 saturated carbocycles. The first-order valence-electron chi connectivity index (χ1n) is 7.12. The molecule has 23 heavy (non-hydrogen) atoms. The molecule has 2 aromatic rings. The smallest absolute Gasteiger partial charge is 0.246 e. The monoisotopic (exact) mass is 318 g/mol. The number of aromatic nitrogens is 4. The number of amides is 2. The van der Waals surface area contributed by atoms with E-state index >= 15 is 0 Å². The molecule has 0 bridgehead atoms. The standard InChI is InChI=1S/C14H15FN6O2/c1-9-6-10(2-3-11(9)15)14-17-19-21(18-14)8-13(23)20-5-4-16-12(22)7-20/h2-3,6H,4-5,7-8H2,1H3,(H,16,22). The predicted octanol–water partition coefficient (Wildman–Crippen LogP) is -0.254. The average molecular weight is 318 g/mol. The highest BCUT2D eigenvalue weighted by atomic mass is 19.1. The average Bonchev–Trinajstić information content (AvgIpc) is 2.98. The van der Waals surface area contributed by atoms with Gasteiger partial charge in [-0.1, -0.05) is 0 Å². The lowest BCUT2D eigenvalue weighted by molar-refractivity contribution is -0.139. The van der Waals surface area contributed by atoms with Crippen LogP contribution in [-0.2, 0) is 16.1 Å². The molecule has 0 unspecified atom stereocenters. The SMILES string of the molecule is Cc1cc(-c2nnn(CC(=O)N3CCNC(=O)C3)n2)ccc1F. The van der Waals surface area contributed by atoms with Gasteiger partial charge in [0, 0.05) is 18.7 Å². The number of tetrazole rings is 1. The molecule has 1 aromatic heterocycles. The number of hydrogen-bond donors (Lipinski definition) is 1. The highest BCUT2D eigenvalue weighted by molar-refractivity contribution is 5.85. The van der Waals surface area contributed by atoms with Crippen LogP contribution in [0, 0.1) is 12.7 Å². The molecule has 1 saturated heterocycles. The Bertz CT molecular complexity index is 759. The number of rotatable bonds is 3. The number of carbonyl (C=O) groups excluding carboxylic acids is 2. The van der Waals surface area contributed by atoms with Crippen LogP contribution >= 0.6 is 0 Å². The van der Waals surface area contributed by atoms with Crippen molar-refractivity contribution >= 4 is 11.8 Å². The summed E-state index contributed by atoms with van der Waals surface area (Å²) in [6.07, 6.45) is 0. The first-order chi connectivity index (χ1) is 11.0. The third-order valence-corrected chi connectivity index (χ3v) is 3.54. The molecule has 0 spiro atoms. The number of nitrogens with zero attached hydrogens (tertiary/aromatic N) is 5. The van der Waals surface area contributed by atoms with E-state index in [1.165, 1.54) is 15.8 Å². The lowest BCUT2D eigenvalue weighted by Crippen LogP contribution is -2.50. The molecule has 0 aliphatic carbocycles. The summed E-state index contributed by atoms with van der Waals surface area (Å²) < 4.78 is 13.3. The van der Waals surface area contributed by atoms with Crippen LogP contribution in [0.25, 0.3) is 11.4 Å². The highest BCUT2D eigenvalue weighted by Gasteiger charge is 2.22. The van der Waals surface area contributed by atoms with Crippen molar-refractivity contribution in [2.75, 3.05) is 19.6 Å². The van der Waals surface area contributed by atoms with Gasteiger partial charge in [0.2, 0.25) is 17.6 Å². The second kappa shape index (κ2) is 6.11. The molecule has 1 aromatic carbocycles. The van der Waals surface area contributed by atoms with Crippen molar-refractivity contribution < 1.29 is 14.0 Å². The van der Waals surface area contributed by atoms with Gasteiger partial charge in [-0.25, -0.2) is 4.39 Å². The normalized spacial score (nSPS) is 14.7. The van der Waals surface area contributed by atoms with Gasteiger partial charge in [-0.15, -0.1) is 10.2 Å². The first kappa shape index (κ1) is 15.1. The van der Waals surface area contributed by atoms with Crippen LogP contribution in [0.5, 0.6) is 0 Å². The molecule has 1 fully saturated rings. The molecule has 1 aliphatic rings. The van der Waals surface area contributed by atoms with E-state index < -0.39 is 0 Å². The molecular weight excluding hydrogens is 303 g/mol. The Hall–Kier alpha value is -2.84. The highest BCUT2D eigenvalue weighted by Crippen LogP contribution is 2.17. The summed E-state index contributed by atoms with van der Waals surface area (Å²) in [6.45, 7) is 2.49. The summed E-state index contributed by atoms with van der Waals surface area (Å²) in [7, 11) is 0. The summed E-state index contributed by atoms with van der Waals surface area (Å²) in [5.41, 5.74) is 1.11. The fraction of sp³-hybridized carbons (Fsp3) is 0.357. The molecule has 9 heteroatoms. The van der Waals surface area contributed by atoms with Crippen molar-refractivity contribution in [2.24, 2.45) is 0 Å². The number of halogens is 1. The third kappa shape index (κ3) is 3.33. The second-order valence-corrected chi connectivity index (χ2v) is 5.27. The van der Waals surface area contributed by atoms with Crippen molar-refractivity contribution in [3.63, 3.8) is 0 Å². The van der Waals surface area contributed by atoms with Crippen LogP contribution in [0.15, 0.2) is 18.2 Å². The van der Waals surface area contributed by atoms with Crippen LogP contribution in [0.4, 0.5) is 4.39 Å². The summed E-state index contributed by atoms with van der Waals surface area (Å²) in [6, 6.07) is 4.51. The lowest BCUT2D eigenvalue weighted by Gasteiger charge is -2.26. The number of benzene rings is 1. The van der Waals surface area contributed by atoms with Gasteiger partial charge in [-0.05, 0) is 35.9 Å². The minimum absolute atomic E-state index is 0.0392. The zero-order valence-corrected chi connectivity index (χ0v) is 12.5. The molecule has 2 heterocycles. The van der Waals surface area contributed by atoms with Crippen molar-refractivity contribution in [3.8, 4) is 11.4 Å². The topological polar surface area (TPSA) is 93.0 Å². The van der Waals surface area contributed by atoms with Crippen LogP contribution in [0.1, 0.15) is 5.56 Å². The molecule has 0 atom stereocenters. The van der Waals surface area contributed by atoms with E-state index in [1.807, 2.05) is 0 Å². The number of aryl methyl sites for hydroxylation is 1. The van der Waals surface area contributed by atoms with Gasteiger partial charge >= 0.3 is 0 Å². The molecule has 2 amide bonds. The number of nitrogens with one attached hydrogen (secondary N) is 1. The van der Waals surface area contributed by atoms with E-state index in [4.69, 9.17) is 0 Å². The zero-order valence-electron chi connectivity index (χ0n) is 12.5. The van der Waals surface area contributed by atoms with E-state index in [9.17, 15) is 14.0 Å². The second-order valence-electron chi connectivity index (χ2n) is 5.27. The Labute approximate surface area is 131 Å². The Kier molecular flexibility index (Phi) is 4.00. The van der Waals surface area contributed by atoms with Crippen LogP contribution < -0.4 is 5.32 Å². The maximum absolute atomic E-state index is 13.3. The van der Waals surface area contributed by atoms with E-state index in [0.29, 0.717) is 30.0 Å². The number of piperazine rings is 1. The minimum atomic E-state index is -0.306. The number of carbonyl (C=O) groups is 2. The van der Waals surface area contributed by atoms with E-state index in [1.54, 1.807) is 19.1 Å². The first-order valence-corrected chi connectivity index (χ1v) is 7.12. The maximum atomic E-state index is 13.3. The zero-order chi connectivity index (χ0) is 16.4. The maximum Gasteiger partial charge on any atom is 0.246 e. The van der Waals surface area contributed by atoms with Crippen molar-refractivity contribution in [3.05, 3.63) is 29.6 Å². The summed E-state index contributed by atoms with van der Waals surface area (Å²) >= 11 is 0. The molecule has 0 radical (unpaired) electrons.